The van der Waals surface area contributed by atoms with Crippen molar-refractivity contribution in [2.75, 3.05) is 6.61 Å². The van der Waals surface area contributed by atoms with Gasteiger partial charge in [-0.3, -0.25) is 14.9 Å². The number of nitro benzene ring substituents is 1. The van der Waals surface area contributed by atoms with Gasteiger partial charge in [-0.25, -0.2) is 4.79 Å². The molecule has 1 aromatic rings. The SMILES string of the molecule is CCCCCCCCCCCCCCC(Cc1ccc([N+](=O)[O-])cc1)C(=O)O[C@](O)(CO)[C@H]1OC(=O)C(O)=C1O. The summed E-state index contributed by atoms with van der Waals surface area (Å²) in [7, 11) is 0. The molecule has 0 fully saturated rings. The first kappa shape index (κ1) is 33.0. The Bertz CT molecular complexity index is 993. The van der Waals surface area contributed by atoms with Gasteiger partial charge in [0, 0.05) is 12.1 Å². The van der Waals surface area contributed by atoms with E-state index >= 15 is 0 Å². The number of nitro groups is 1. The van der Waals surface area contributed by atoms with Crippen molar-refractivity contribution in [2.45, 2.75) is 109 Å². The molecule has 4 N–H and O–H groups in total. The molecule has 0 saturated heterocycles. The number of non-ortho nitro benzene ring substituents is 1. The zero-order valence-corrected chi connectivity index (χ0v) is 23.3. The minimum absolute atomic E-state index is 0.0939. The number of aliphatic hydroxyl groups is 4. The van der Waals surface area contributed by atoms with Gasteiger partial charge in [0.1, 0.15) is 6.61 Å². The number of carbonyl (C=O) groups is 2. The lowest BCUT2D eigenvalue weighted by atomic mass is 9.93. The Morgan fingerprint density at radius 3 is 1.98 bits per heavy atom. The van der Waals surface area contributed by atoms with Crippen molar-refractivity contribution < 1.29 is 44.4 Å². The Hall–Kier alpha value is -3.18. The highest BCUT2D eigenvalue weighted by Gasteiger charge is 2.52. The van der Waals surface area contributed by atoms with E-state index in [-0.39, 0.29) is 12.1 Å². The molecule has 0 bridgehead atoms. The van der Waals surface area contributed by atoms with Crippen LogP contribution in [-0.4, -0.2) is 55.8 Å². The summed E-state index contributed by atoms with van der Waals surface area (Å²) in [4.78, 5) is 35.2. The van der Waals surface area contributed by atoms with Gasteiger partial charge in [0.2, 0.25) is 11.9 Å². The molecule has 0 aromatic heterocycles. The molecule has 40 heavy (non-hydrogen) atoms. The summed E-state index contributed by atoms with van der Waals surface area (Å²) in [6, 6.07) is 5.72. The second-order valence-corrected chi connectivity index (χ2v) is 10.4. The molecule has 224 valence electrons. The highest BCUT2D eigenvalue weighted by atomic mass is 16.7. The molecule has 1 aliphatic rings. The molecular weight excluding hydrogens is 522 g/mol. The predicted molar refractivity (Wildman–Crippen MR) is 146 cm³/mol. The van der Waals surface area contributed by atoms with Gasteiger partial charge in [-0.05, 0) is 18.4 Å². The number of esters is 2. The fraction of sp³-hybridized carbons (Fsp3) is 0.655. The van der Waals surface area contributed by atoms with Crippen LogP contribution >= 0.6 is 0 Å². The normalized spacial score (nSPS) is 17.4. The van der Waals surface area contributed by atoms with Gasteiger partial charge in [-0.2, -0.15) is 0 Å². The molecule has 0 spiro atoms. The molecule has 11 heteroatoms. The van der Waals surface area contributed by atoms with Crippen LogP contribution < -0.4 is 0 Å². The van der Waals surface area contributed by atoms with Crippen molar-refractivity contribution in [3.8, 4) is 0 Å². The summed E-state index contributed by atoms with van der Waals surface area (Å²) >= 11 is 0. The Morgan fingerprint density at radius 2 is 1.52 bits per heavy atom. The minimum atomic E-state index is -2.81. The van der Waals surface area contributed by atoms with Crippen molar-refractivity contribution in [2.24, 2.45) is 5.92 Å². The van der Waals surface area contributed by atoms with Crippen molar-refractivity contribution in [1.29, 1.82) is 0 Å². The van der Waals surface area contributed by atoms with E-state index in [1.54, 1.807) is 0 Å². The van der Waals surface area contributed by atoms with E-state index in [4.69, 9.17) is 9.47 Å². The van der Waals surface area contributed by atoms with Crippen LogP contribution in [-0.2, 0) is 25.5 Å². The molecule has 3 atom stereocenters. The summed E-state index contributed by atoms with van der Waals surface area (Å²) < 4.78 is 9.86. The van der Waals surface area contributed by atoms with Gasteiger partial charge in [-0.15, -0.1) is 0 Å². The van der Waals surface area contributed by atoms with Crippen molar-refractivity contribution in [3.63, 3.8) is 0 Å². The van der Waals surface area contributed by atoms with Crippen LogP contribution in [0.2, 0.25) is 0 Å². The van der Waals surface area contributed by atoms with Crippen molar-refractivity contribution in [3.05, 3.63) is 51.5 Å². The zero-order valence-electron chi connectivity index (χ0n) is 23.3. The predicted octanol–water partition coefficient (Wildman–Crippen LogP) is 5.32. The number of hydrogen-bond acceptors (Lipinski definition) is 10. The molecule has 1 unspecified atom stereocenters. The molecular formula is C29H43NO10. The third-order valence-corrected chi connectivity index (χ3v) is 7.19. The number of aliphatic hydroxyl groups excluding tert-OH is 3. The summed E-state index contributed by atoms with van der Waals surface area (Å²) in [6.45, 7) is 0.997. The first-order chi connectivity index (χ1) is 19.1. The summed E-state index contributed by atoms with van der Waals surface area (Å²) in [5, 5.41) is 50.9. The van der Waals surface area contributed by atoms with Gasteiger partial charge in [0.05, 0.1) is 10.8 Å². The van der Waals surface area contributed by atoms with Gasteiger partial charge in [-0.1, -0.05) is 96.1 Å². The molecule has 2 rings (SSSR count). The Kier molecular flexibility index (Phi) is 13.9. The maximum Gasteiger partial charge on any atom is 0.378 e. The highest BCUT2D eigenvalue weighted by molar-refractivity contribution is 5.89. The number of benzene rings is 1. The monoisotopic (exact) mass is 565 g/mol. The lowest BCUT2D eigenvalue weighted by molar-refractivity contribution is -0.384. The average molecular weight is 566 g/mol. The number of rotatable bonds is 20. The second-order valence-electron chi connectivity index (χ2n) is 10.4. The third kappa shape index (κ3) is 10.1. The second kappa shape index (κ2) is 16.8. The molecule has 0 saturated carbocycles. The van der Waals surface area contributed by atoms with Crippen LogP contribution in [0.3, 0.4) is 0 Å². The minimum Gasteiger partial charge on any atom is -0.505 e. The number of cyclic esters (lactones) is 1. The number of unbranched alkanes of at least 4 members (excludes halogenated alkanes) is 11. The molecule has 0 amide bonds. The van der Waals surface area contributed by atoms with Gasteiger partial charge >= 0.3 is 11.9 Å². The molecule has 1 aromatic carbocycles. The van der Waals surface area contributed by atoms with E-state index in [1.807, 2.05) is 0 Å². The largest absolute Gasteiger partial charge is 0.505 e. The van der Waals surface area contributed by atoms with E-state index in [9.17, 15) is 40.1 Å². The summed E-state index contributed by atoms with van der Waals surface area (Å²) in [5.41, 5.74) is 0.537. The highest BCUT2D eigenvalue weighted by Crippen LogP contribution is 2.31. The van der Waals surface area contributed by atoms with E-state index < -0.39 is 52.8 Å². The van der Waals surface area contributed by atoms with E-state index in [0.29, 0.717) is 18.4 Å². The van der Waals surface area contributed by atoms with E-state index in [1.165, 1.54) is 69.2 Å². The van der Waals surface area contributed by atoms with Crippen LogP contribution in [0.4, 0.5) is 5.69 Å². The van der Waals surface area contributed by atoms with Crippen molar-refractivity contribution in [1.82, 2.24) is 0 Å². The maximum atomic E-state index is 13.2. The fourth-order valence-corrected chi connectivity index (χ4v) is 4.75. The first-order valence-electron chi connectivity index (χ1n) is 14.3. The third-order valence-electron chi connectivity index (χ3n) is 7.19. The Balaban J connectivity index is 1.94. The van der Waals surface area contributed by atoms with Gasteiger partial charge < -0.3 is 29.9 Å². The molecule has 0 aliphatic carbocycles. The van der Waals surface area contributed by atoms with Crippen LogP contribution in [0, 0.1) is 16.0 Å². The number of ether oxygens (including phenoxy) is 2. The number of hydrogen-bond donors (Lipinski definition) is 4. The Morgan fingerprint density at radius 1 is 1.00 bits per heavy atom. The van der Waals surface area contributed by atoms with Crippen LogP contribution in [0.1, 0.15) is 96.0 Å². The van der Waals surface area contributed by atoms with E-state index in [2.05, 4.69) is 6.92 Å². The maximum absolute atomic E-state index is 13.2. The first-order valence-corrected chi connectivity index (χ1v) is 14.3. The molecule has 1 heterocycles. The average Bonchev–Trinajstić information content (AvgIpc) is 3.20. The Labute approximate surface area is 235 Å². The van der Waals surface area contributed by atoms with Gasteiger partial charge in [0.25, 0.3) is 11.5 Å². The fourth-order valence-electron chi connectivity index (χ4n) is 4.75. The van der Waals surface area contributed by atoms with Gasteiger partial charge in [0.15, 0.2) is 5.76 Å². The standard InChI is InChI=1S/C29H43NO10/c1-2-3-4-5-6-7-8-9-10-11-12-13-14-22(19-21-15-17-23(18-16-21)30(37)38)27(34)40-29(36,20-31)26-24(32)25(33)28(35)39-26/h15-18,22,26,31-33,36H,2-14,19-20H2,1H3/t22?,26-,29+/m0/s1. The van der Waals surface area contributed by atoms with Crippen LogP contribution in [0.5, 0.6) is 0 Å². The zero-order chi connectivity index (χ0) is 29.5. The smallest absolute Gasteiger partial charge is 0.378 e. The molecule has 11 nitrogen and oxygen atoms in total. The number of carbonyl (C=O) groups excluding carboxylic acids is 2. The lowest BCUT2D eigenvalue weighted by Gasteiger charge is -2.31. The van der Waals surface area contributed by atoms with E-state index in [0.717, 1.165) is 25.7 Å². The lowest BCUT2D eigenvalue weighted by Crippen LogP contribution is -2.51. The topological polar surface area (TPSA) is 177 Å². The summed E-state index contributed by atoms with van der Waals surface area (Å²) in [6.07, 6.45) is 12.3. The molecule has 0 radical (unpaired) electrons. The molecule has 1 aliphatic heterocycles. The van der Waals surface area contributed by atoms with Crippen LogP contribution in [0.15, 0.2) is 35.8 Å². The summed E-state index contributed by atoms with van der Waals surface area (Å²) in [5.74, 6) is -8.04. The van der Waals surface area contributed by atoms with Crippen LogP contribution in [0.25, 0.3) is 0 Å². The number of nitrogens with zero attached hydrogens (tertiary/aromatic N) is 1. The quantitative estimate of drug-likeness (QED) is 0.0532. The van der Waals surface area contributed by atoms with Crippen molar-refractivity contribution >= 4 is 17.6 Å².